The fourth-order valence-electron chi connectivity index (χ4n) is 8.11. The van der Waals surface area contributed by atoms with E-state index in [0.717, 1.165) is 32.9 Å². The molecule has 2 aliphatic rings. The van der Waals surface area contributed by atoms with Crippen LogP contribution in [0.4, 0.5) is 29.7 Å². The summed E-state index contributed by atoms with van der Waals surface area (Å²) >= 11 is 0. The smallest absolute Gasteiger partial charge is 0.410 e. The molecule has 2 aromatic heterocycles. The van der Waals surface area contributed by atoms with Crippen molar-refractivity contribution in [2.45, 2.75) is 76.7 Å². The van der Waals surface area contributed by atoms with Gasteiger partial charge in [0, 0.05) is 60.5 Å². The summed E-state index contributed by atoms with van der Waals surface area (Å²) in [6.07, 6.45) is 0.0135. The number of amides is 5. The number of anilines is 2. The molecule has 0 bridgehead atoms. The van der Waals surface area contributed by atoms with E-state index in [1.165, 1.54) is 34.1 Å². The Balaban J connectivity index is 0.000000219. The molecule has 6 aromatic rings. The minimum Gasteiger partial charge on any atom is -0.444 e. The largest absolute Gasteiger partial charge is 0.444 e. The highest BCUT2D eigenvalue weighted by atomic mass is 32.7. The Kier molecular flexibility index (Phi) is 17.5. The third kappa shape index (κ3) is 13.9. The Morgan fingerprint density at radius 3 is 1.49 bits per heavy atom. The number of carbonyl (C=O) groups excluding carboxylic acids is 5. The van der Waals surface area contributed by atoms with Gasteiger partial charge in [-0.25, -0.2) is 18.4 Å². The Labute approximate surface area is 425 Å². The van der Waals surface area contributed by atoms with Gasteiger partial charge in [0.1, 0.15) is 45.3 Å². The van der Waals surface area contributed by atoms with Gasteiger partial charge in [-0.15, -0.1) is 26.8 Å². The molecule has 0 radical (unpaired) electrons. The molecular formula is C49H62F2N10O7P4. The molecule has 5 amide bonds. The highest BCUT2D eigenvalue weighted by Gasteiger charge is 2.47. The van der Waals surface area contributed by atoms with Crippen molar-refractivity contribution in [2.24, 2.45) is 19.8 Å². The first kappa shape index (κ1) is 55.6. The molecule has 72 heavy (non-hydrogen) atoms. The zero-order chi connectivity index (χ0) is 52.9. The Morgan fingerprint density at radius 1 is 0.667 bits per heavy atom. The van der Waals surface area contributed by atoms with Crippen molar-refractivity contribution in [3.8, 4) is 22.5 Å². The summed E-state index contributed by atoms with van der Waals surface area (Å²) in [7, 11) is 11.6. The monoisotopic (exact) mass is 1060 g/mol. The second kappa shape index (κ2) is 22.6. The Morgan fingerprint density at radius 2 is 1.07 bits per heavy atom. The number of fused-ring (bicyclic) bond motifs is 2. The number of benzene rings is 4. The minimum atomic E-state index is -1.29. The van der Waals surface area contributed by atoms with E-state index in [9.17, 15) is 32.8 Å². The maximum absolute atomic E-state index is 13.4. The first-order valence-corrected chi connectivity index (χ1v) is 29.0. The number of rotatable bonds is 8. The average Bonchev–Trinajstić information content (AvgIpc) is 4.08. The molecule has 2 aliphatic heterocycles. The summed E-state index contributed by atoms with van der Waals surface area (Å²) in [6.45, 7) is 11.5. The van der Waals surface area contributed by atoms with Crippen molar-refractivity contribution in [1.82, 2.24) is 34.7 Å². The van der Waals surface area contributed by atoms with Crippen LogP contribution in [-0.4, -0.2) is 108 Å². The fraction of sp³-hybridized carbons (Fsp3) is 0.367. The Bertz CT molecular complexity index is 2960. The normalized spacial score (nSPS) is 17.7. The van der Waals surface area contributed by atoms with Crippen LogP contribution in [0.3, 0.4) is 0 Å². The van der Waals surface area contributed by atoms with Gasteiger partial charge in [0.15, 0.2) is 0 Å². The van der Waals surface area contributed by atoms with Gasteiger partial charge in [-0.1, -0.05) is 0 Å². The van der Waals surface area contributed by atoms with Crippen LogP contribution in [0.15, 0.2) is 84.9 Å². The maximum Gasteiger partial charge on any atom is 0.410 e. The predicted molar refractivity (Wildman–Crippen MR) is 289 cm³/mol. The van der Waals surface area contributed by atoms with E-state index >= 15 is 0 Å². The molecule has 0 aliphatic carbocycles. The molecule has 2 saturated heterocycles. The standard InChI is InChI=1S/C25H28FN5O4.C24H28FN5O3.H6P4/c1-24(2,3)35-23(34)31-12-11-25(14-31,27-15-32)22(33)28-18-9-10-20-19(13-18)21(29-30(20)4)16-5-7-17(26)8-6-16;1-23(2,3)33-22(32)30-12-11-24(26,14-30)21(31)27-17-9-10-19-18(13-17)20(28-29(19)4)15-5-7-16(25)8-6-15;1-4(2)3/h5-10,13,15H,11-12,14H2,1-4H3,(H,27,32)(H,28,33);5-10,13H,11-12,14,26H2,1-4H3,(H,27,31);1-3H2. The van der Waals surface area contributed by atoms with E-state index in [1.54, 1.807) is 100 Å². The van der Waals surface area contributed by atoms with E-state index in [2.05, 4.69) is 52.9 Å². The second-order valence-corrected chi connectivity index (χ2v) is 31.2. The number of halogens is 2. The number of carbonyl (C=O) groups is 5. The lowest BCUT2D eigenvalue weighted by Gasteiger charge is -2.28. The van der Waals surface area contributed by atoms with Crippen molar-refractivity contribution in [1.29, 1.82) is 0 Å². The average molecular weight is 1060 g/mol. The molecule has 4 heterocycles. The molecule has 0 spiro atoms. The molecule has 5 N–H and O–H groups in total. The molecule has 17 nitrogen and oxygen atoms in total. The van der Waals surface area contributed by atoms with Crippen molar-refractivity contribution >= 4 is 97.4 Å². The number of nitrogens with two attached hydrogens (primary N) is 1. The number of hydrogen-bond donors (Lipinski definition) is 4. The quantitative estimate of drug-likeness (QED) is 0.0841. The van der Waals surface area contributed by atoms with Gasteiger partial charge in [-0.3, -0.25) is 23.7 Å². The molecule has 4 aromatic carbocycles. The van der Waals surface area contributed by atoms with Crippen LogP contribution in [0, 0.1) is 11.6 Å². The highest BCUT2D eigenvalue weighted by Crippen LogP contribution is 2.60. The van der Waals surface area contributed by atoms with E-state index in [-0.39, 0.29) is 50.6 Å². The number of nitrogens with one attached hydrogen (secondary N) is 3. The van der Waals surface area contributed by atoms with E-state index in [1.807, 2.05) is 25.2 Å². The van der Waals surface area contributed by atoms with Crippen LogP contribution < -0.4 is 21.7 Å². The van der Waals surface area contributed by atoms with Crippen molar-refractivity contribution in [3.63, 3.8) is 0 Å². The SMILES string of the molecule is Cn1nc(-c2ccc(F)cc2)c2cc(NC(=O)C3(N)CCN(C(=O)OC(C)(C)C)C3)ccc21.Cn1nc(-c2ccc(F)cc2)c2cc(NC(=O)C3(NC=O)CCN(C(=O)OC(C)(C)C)C3)ccc21.PP(P)P. The summed E-state index contributed by atoms with van der Waals surface area (Å²) in [5.74, 6) is -1.48. The van der Waals surface area contributed by atoms with Gasteiger partial charge in [0.2, 0.25) is 12.3 Å². The molecule has 2 fully saturated rings. The van der Waals surface area contributed by atoms with Crippen LogP contribution >= 0.6 is 33.8 Å². The summed E-state index contributed by atoms with van der Waals surface area (Å²) in [6, 6.07) is 22.9. The van der Waals surface area contributed by atoms with Gasteiger partial charge >= 0.3 is 12.2 Å². The van der Waals surface area contributed by atoms with Gasteiger partial charge in [-0.05, 0) is 146 Å². The van der Waals surface area contributed by atoms with Gasteiger partial charge in [0.05, 0.1) is 24.1 Å². The summed E-state index contributed by atoms with van der Waals surface area (Å²) in [4.78, 5) is 65.5. The number of aryl methyl sites for hydroxylation is 2. The van der Waals surface area contributed by atoms with E-state index < -0.39 is 40.4 Å². The third-order valence-corrected chi connectivity index (χ3v) is 11.5. The van der Waals surface area contributed by atoms with Crippen molar-refractivity contribution < 1.29 is 42.2 Å². The zero-order valence-corrected chi connectivity index (χ0v) is 45.8. The number of aromatic nitrogens is 4. The topological polar surface area (TPSA) is 208 Å². The second-order valence-electron chi connectivity index (χ2n) is 19.6. The van der Waals surface area contributed by atoms with E-state index in [4.69, 9.17) is 15.2 Å². The first-order valence-electron chi connectivity index (χ1n) is 22.8. The van der Waals surface area contributed by atoms with E-state index in [0.29, 0.717) is 42.1 Å². The maximum atomic E-state index is 13.4. The van der Waals surface area contributed by atoms with Crippen LogP contribution in [0.25, 0.3) is 44.3 Å². The lowest BCUT2D eigenvalue weighted by atomic mass is 9.97. The molecule has 8 rings (SSSR count). The van der Waals surface area contributed by atoms with Crippen molar-refractivity contribution in [3.05, 3.63) is 96.6 Å². The lowest BCUT2D eigenvalue weighted by molar-refractivity contribution is -0.125. The number of nitrogens with zero attached hydrogens (tertiary/aromatic N) is 6. The molecule has 5 unspecified atom stereocenters. The summed E-state index contributed by atoms with van der Waals surface area (Å²) in [5, 5.41) is 19.1. The number of ether oxygens (including phenoxy) is 2. The molecule has 0 saturated carbocycles. The number of likely N-dealkylation sites (tertiary alicyclic amines) is 2. The van der Waals surface area contributed by atoms with Crippen LogP contribution in [0.2, 0.25) is 0 Å². The highest BCUT2D eigenvalue weighted by molar-refractivity contribution is 8.65. The Hall–Kier alpha value is -5.69. The molecular weight excluding hydrogens is 1000 g/mol. The van der Waals surface area contributed by atoms with Crippen LogP contribution in [0.1, 0.15) is 54.4 Å². The van der Waals surface area contributed by atoms with Gasteiger partial charge in [-0.2, -0.15) is 10.2 Å². The molecule has 384 valence electrons. The van der Waals surface area contributed by atoms with Crippen LogP contribution in [0.5, 0.6) is 0 Å². The third-order valence-electron chi connectivity index (χ3n) is 11.5. The first-order chi connectivity index (χ1) is 33.7. The lowest BCUT2D eigenvalue weighted by Crippen LogP contribution is -2.56. The van der Waals surface area contributed by atoms with Crippen LogP contribution in [-0.2, 0) is 38.0 Å². The zero-order valence-electron chi connectivity index (χ0n) is 41.5. The number of hydrogen-bond acceptors (Lipinski definition) is 10. The predicted octanol–water partition coefficient (Wildman–Crippen LogP) is 8.94. The van der Waals surface area contributed by atoms with Crippen molar-refractivity contribution in [2.75, 3.05) is 36.8 Å². The van der Waals surface area contributed by atoms with Gasteiger partial charge < -0.3 is 41.0 Å². The fourth-order valence-corrected chi connectivity index (χ4v) is 8.11. The summed E-state index contributed by atoms with van der Waals surface area (Å²) < 4.78 is 41.0. The molecule has 5 atom stereocenters. The molecule has 23 heteroatoms. The minimum absolute atomic E-state index is 0.0115. The van der Waals surface area contributed by atoms with Gasteiger partial charge in [0.25, 0.3) is 5.91 Å². The summed E-state index contributed by atoms with van der Waals surface area (Å²) in [5.41, 5.74) is 8.17.